The van der Waals surface area contributed by atoms with Crippen molar-refractivity contribution < 1.29 is 0 Å². The zero-order valence-corrected chi connectivity index (χ0v) is 12.9. The van der Waals surface area contributed by atoms with E-state index in [2.05, 4.69) is 41.5 Å². The summed E-state index contributed by atoms with van der Waals surface area (Å²) in [6, 6.07) is 0. The van der Waals surface area contributed by atoms with Crippen molar-refractivity contribution in [2.45, 2.75) is 80.1 Å². The Hall–Kier alpha value is 0. The van der Waals surface area contributed by atoms with E-state index >= 15 is 0 Å². The van der Waals surface area contributed by atoms with Gasteiger partial charge in [0.15, 0.2) is 0 Å². The molecular formula is C17H32. The largest absolute Gasteiger partial charge is 0.0651 e. The van der Waals surface area contributed by atoms with E-state index in [1.165, 1.54) is 38.5 Å². The molecule has 2 rings (SSSR count). The molecule has 0 aromatic heterocycles. The highest BCUT2D eigenvalue weighted by atomic mass is 14.6. The summed E-state index contributed by atoms with van der Waals surface area (Å²) in [7, 11) is 0. The van der Waals surface area contributed by atoms with E-state index in [1.807, 2.05) is 0 Å². The van der Waals surface area contributed by atoms with Crippen LogP contribution in [0.1, 0.15) is 80.1 Å². The van der Waals surface area contributed by atoms with E-state index in [9.17, 15) is 0 Å². The van der Waals surface area contributed by atoms with E-state index in [-0.39, 0.29) is 0 Å². The topological polar surface area (TPSA) is 0 Å². The Morgan fingerprint density at radius 1 is 0.882 bits per heavy atom. The molecule has 0 bridgehead atoms. The molecule has 0 spiro atoms. The average Bonchev–Trinajstić information content (AvgIpc) is 2.14. The first-order valence-corrected chi connectivity index (χ1v) is 7.74. The highest BCUT2D eigenvalue weighted by Crippen LogP contribution is 2.64. The van der Waals surface area contributed by atoms with Crippen LogP contribution in [-0.4, -0.2) is 0 Å². The van der Waals surface area contributed by atoms with Crippen molar-refractivity contribution in [1.82, 2.24) is 0 Å². The lowest BCUT2D eigenvalue weighted by atomic mass is 9.43. The van der Waals surface area contributed by atoms with Gasteiger partial charge in [-0.1, -0.05) is 54.4 Å². The Morgan fingerprint density at radius 3 is 2.12 bits per heavy atom. The first kappa shape index (κ1) is 13.4. The molecule has 0 aliphatic heterocycles. The van der Waals surface area contributed by atoms with Crippen LogP contribution in [-0.2, 0) is 0 Å². The van der Waals surface area contributed by atoms with Gasteiger partial charge in [-0.05, 0) is 53.8 Å². The Balaban J connectivity index is 2.37. The van der Waals surface area contributed by atoms with Crippen LogP contribution in [0, 0.1) is 28.1 Å². The third-order valence-electron chi connectivity index (χ3n) is 6.50. The summed E-state index contributed by atoms with van der Waals surface area (Å²) < 4.78 is 0. The Morgan fingerprint density at radius 2 is 1.53 bits per heavy atom. The van der Waals surface area contributed by atoms with Crippen molar-refractivity contribution in [1.29, 1.82) is 0 Å². The molecule has 3 unspecified atom stereocenters. The number of hydrogen-bond acceptors (Lipinski definition) is 0. The monoisotopic (exact) mass is 236 g/mol. The summed E-state index contributed by atoms with van der Waals surface area (Å²) in [4.78, 5) is 0. The fraction of sp³-hybridized carbons (Fsp3) is 1.00. The SMILES string of the molecule is CCC1C(C)(C)CCC2C(C)(C)CCCC12C. The standard InChI is InChI=1S/C17H32/c1-7-13-16(4,5)12-9-14-15(2,3)10-8-11-17(13,14)6/h13-14H,7-12H2,1-6H3. The molecule has 3 atom stereocenters. The summed E-state index contributed by atoms with van der Waals surface area (Å²) in [5, 5.41) is 0. The van der Waals surface area contributed by atoms with Gasteiger partial charge in [0.05, 0.1) is 0 Å². The van der Waals surface area contributed by atoms with Crippen LogP contribution in [0.2, 0.25) is 0 Å². The van der Waals surface area contributed by atoms with Gasteiger partial charge >= 0.3 is 0 Å². The van der Waals surface area contributed by atoms with Crippen LogP contribution in [0.15, 0.2) is 0 Å². The predicted octanol–water partition coefficient (Wildman–Crippen LogP) is 5.67. The van der Waals surface area contributed by atoms with Crippen LogP contribution >= 0.6 is 0 Å². The smallest absolute Gasteiger partial charge is 0.0259 e. The minimum Gasteiger partial charge on any atom is -0.0651 e. The van der Waals surface area contributed by atoms with Crippen molar-refractivity contribution in [2.75, 3.05) is 0 Å². The lowest BCUT2D eigenvalue weighted by Crippen LogP contribution is -2.53. The average molecular weight is 236 g/mol. The highest BCUT2D eigenvalue weighted by Gasteiger charge is 2.55. The molecule has 2 saturated carbocycles. The molecule has 100 valence electrons. The summed E-state index contributed by atoms with van der Waals surface area (Å²) in [5.74, 6) is 1.88. The third kappa shape index (κ3) is 1.96. The van der Waals surface area contributed by atoms with Gasteiger partial charge in [-0.25, -0.2) is 0 Å². The Bertz CT molecular complexity index is 274. The Labute approximate surface area is 109 Å². The molecule has 2 aliphatic carbocycles. The first-order chi connectivity index (χ1) is 7.74. The molecular weight excluding hydrogens is 204 g/mol. The van der Waals surface area contributed by atoms with Crippen LogP contribution in [0.5, 0.6) is 0 Å². The molecule has 0 nitrogen and oxygen atoms in total. The van der Waals surface area contributed by atoms with E-state index in [0.29, 0.717) is 16.2 Å². The maximum Gasteiger partial charge on any atom is -0.0259 e. The normalized spacial score (nSPS) is 44.1. The fourth-order valence-corrected chi connectivity index (χ4v) is 5.91. The molecule has 2 fully saturated rings. The van der Waals surface area contributed by atoms with Crippen molar-refractivity contribution in [3.8, 4) is 0 Å². The van der Waals surface area contributed by atoms with Gasteiger partial charge in [-0.2, -0.15) is 0 Å². The maximum absolute atomic E-state index is 2.62. The lowest BCUT2D eigenvalue weighted by molar-refractivity contribution is -0.124. The van der Waals surface area contributed by atoms with Gasteiger partial charge in [0.1, 0.15) is 0 Å². The molecule has 0 heterocycles. The summed E-state index contributed by atoms with van der Waals surface area (Å²) in [6.07, 6.45) is 8.65. The van der Waals surface area contributed by atoms with Gasteiger partial charge in [0, 0.05) is 0 Å². The predicted molar refractivity (Wildman–Crippen MR) is 76.0 cm³/mol. The summed E-state index contributed by atoms with van der Waals surface area (Å²) in [5.41, 5.74) is 1.75. The minimum absolute atomic E-state index is 0.563. The molecule has 0 amide bonds. The van der Waals surface area contributed by atoms with E-state index in [4.69, 9.17) is 0 Å². The second-order valence-electron chi connectivity index (χ2n) is 8.39. The quantitative estimate of drug-likeness (QED) is 0.550. The second kappa shape index (κ2) is 4.00. The Kier molecular flexibility index (Phi) is 3.16. The van der Waals surface area contributed by atoms with Crippen molar-refractivity contribution in [3.05, 3.63) is 0 Å². The van der Waals surface area contributed by atoms with Crippen LogP contribution in [0.4, 0.5) is 0 Å². The molecule has 0 heteroatoms. The van der Waals surface area contributed by atoms with Crippen LogP contribution in [0.3, 0.4) is 0 Å². The number of fused-ring (bicyclic) bond motifs is 1. The molecule has 17 heavy (non-hydrogen) atoms. The van der Waals surface area contributed by atoms with Gasteiger partial charge in [0.25, 0.3) is 0 Å². The lowest BCUT2D eigenvalue weighted by Gasteiger charge is -2.62. The molecule has 2 aliphatic rings. The maximum atomic E-state index is 2.62. The fourth-order valence-electron chi connectivity index (χ4n) is 5.91. The number of hydrogen-bond donors (Lipinski definition) is 0. The molecule has 0 saturated heterocycles. The van der Waals surface area contributed by atoms with Gasteiger partial charge in [-0.3, -0.25) is 0 Å². The van der Waals surface area contributed by atoms with Crippen molar-refractivity contribution in [2.24, 2.45) is 28.1 Å². The van der Waals surface area contributed by atoms with E-state index in [0.717, 1.165) is 11.8 Å². The van der Waals surface area contributed by atoms with Crippen LogP contribution in [0.25, 0.3) is 0 Å². The van der Waals surface area contributed by atoms with Crippen LogP contribution < -0.4 is 0 Å². The van der Waals surface area contributed by atoms with Crippen molar-refractivity contribution in [3.63, 3.8) is 0 Å². The van der Waals surface area contributed by atoms with Gasteiger partial charge in [-0.15, -0.1) is 0 Å². The van der Waals surface area contributed by atoms with Crippen molar-refractivity contribution >= 4 is 0 Å². The highest BCUT2D eigenvalue weighted by molar-refractivity contribution is 5.05. The van der Waals surface area contributed by atoms with Gasteiger partial charge < -0.3 is 0 Å². The van der Waals surface area contributed by atoms with Gasteiger partial charge in [0.2, 0.25) is 0 Å². The molecule has 0 radical (unpaired) electrons. The summed E-state index contributed by atoms with van der Waals surface area (Å²) in [6.45, 7) is 15.1. The molecule has 0 aromatic carbocycles. The zero-order valence-electron chi connectivity index (χ0n) is 12.9. The third-order valence-corrected chi connectivity index (χ3v) is 6.50. The zero-order chi connectivity index (χ0) is 12.9. The molecule has 0 aromatic rings. The first-order valence-electron chi connectivity index (χ1n) is 7.74. The van der Waals surface area contributed by atoms with E-state index in [1.54, 1.807) is 0 Å². The van der Waals surface area contributed by atoms with E-state index < -0.39 is 0 Å². The molecule has 0 N–H and O–H groups in total. The number of rotatable bonds is 1. The second-order valence-corrected chi connectivity index (χ2v) is 8.39. The minimum atomic E-state index is 0.563. The summed E-state index contributed by atoms with van der Waals surface area (Å²) >= 11 is 0.